The maximum absolute atomic E-state index is 5.96. The van der Waals surface area contributed by atoms with Gasteiger partial charge in [0.05, 0.1) is 0 Å². The highest BCUT2D eigenvalue weighted by atomic mass is 79.9. The second-order valence-corrected chi connectivity index (χ2v) is 6.73. The van der Waals surface area contributed by atoms with Gasteiger partial charge in [0.1, 0.15) is 0 Å². The van der Waals surface area contributed by atoms with E-state index in [1.54, 1.807) is 0 Å². The molecule has 2 nitrogen and oxygen atoms in total. The maximum atomic E-state index is 5.96. The van der Waals surface area contributed by atoms with E-state index in [4.69, 9.17) is 5.73 Å². The van der Waals surface area contributed by atoms with E-state index in [2.05, 4.69) is 59.8 Å². The summed E-state index contributed by atoms with van der Waals surface area (Å²) in [6.45, 7) is 9.08. The zero-order chi connectivity index (χ0) is 13.3. The number of nitrogens with zero attached hydrogens (tertiary/aromatic N) is 1. The molecule has 1 aromatic carbocycles. The van der Waals surface area contributed by atoms with Gasteiger partial charge in [0.2, 0.25) is 0 Å². The lowest BCUT2D eigenvalue weighted by Gasteiger charge is -2.23. The summed E-state index contributed by atoms with van der Waals surface area (Å²) in [6, 6.07) is 6.78. The lowest BCUT2D eigenvalue weighted by atomic mass is 10.0. The molecule has 3 unspecified atom stereocenters. The van der Waals surface area contributed by atoms with Crippen molar-refractivity contribution >= 4 is 21.6 Å². The zero-order valence-corrected chi connectivity index (χ0v) is 13.1. The molecular weight excluding hydrogens is 288 g/mol. The predicted octanol–water partition coefficient (Wildman–Crippen LogP) is 3.43. The molecule has 0 aromatic heterocycles. The summed E-state index contributed by atoms with van der Waals surface area (Å²) in [6.07, 6.45) is 0.939. The summed E-state index contributed by atoms with van der Waals surface area (Å²) in [5, 5.41) is 0. The first-order valence-corrected chi connectivity index (χ1v) is 7.55. The SMILES string of the molecule is CC(N)Cc1cc(Br)ccc1N1CC(C)C(C)C1. The molecule has 1 aromatic rings. The van der Waals surface area contributed by atoms with Crippen molar-refractivity contribution in [1.82, 2.24) is 0 Å². The van der Waals surface area contributed by atoms with Crippen molar-refractivity contribution in [3.8, 4) is 0 Å². The summed E-state index contributed by atoms with van der Waals surface area (Å²) in [5.74, 6) is 1.55. The second kappa shape index (κ2) is 5.62. The average Bonchev–Trinajstić information content (AvgIpc) is 2.58. The fourth-order valence-corrected chi connectivity index (χ4v) is 3.11. The van der Waals surface area contributed by atoms with Crippen molar-refractivity contribution < 1.29 is 0 Å². The molecule has 3 atom stereocenters. The van der Waals surface area contributed by atoms with Gasteiger partial charge in [-0.05, 0) is 48.9 Å². The molecule has 0 bridgehead atoms. The number of rotatable bonds is 3. The minimum atomic E-state index is 0.204. The molecule has 100 valence electrons. The van der Waals surface area contributed by atoms with Crippen LogP contribution in [0.5, 0.6) is 0 Å². The summed E-state index contributed by atoms with van der Waals surface area (Å²) in [5.41, 5.74) is 8.69. The van der Waals surface area contributed by atoms with Crippen LogP contribution in [0.1, 0.15) is 26.3 Å². The molecule has 1 heterocycles. The number of hydrogen-bond donors (Lipinski definition) is 1. The van der Waals surface area contributed by atoms with Gasteiger partial charge < -0.3 is 10.6 Å². The van der Waals surface area contributed by atoms with Crippen molar-refractivity contribution in [3.05, 3.63) is 28.2 Å². The first-order chi connectivity index (χ1) is 8.47. The van der Waals surface area contributed by atoms with Gasteiger partial charge in [-0.1, -0.05) is 29.8 Å². The smallest absolute Gasteiger partial charge is 0.0400 e. The van der Waals surface area contributed by atoms with Gasteiger partial charge in [0, 0.05) is 29.3 Å². The summed E-state index contributed by atoms with van der Waals surface area (Å²) < 4.78 is 1.14. The Labute approximate surface area is 119 Å². The van der Waals surface area contributed by atoms with Crippen LogP contribution in [0.15, 0.2) is 22.7 Å². The molecule has 1 aliphatic heterocycles. The Morgan fingerprint density at radius 3 is 2.50 bits per heavy atom. The topological polar surface area (TPSA) is 29.3 Å². The van der Waals surface area contributed by atoms with Crippen LogP contribution in [0.2, 0.25) is 0 Å². The molecule has 1 fully saturated rings. The fraction of sp³-hybridized carbons (Fsp3) is 0.600. The van der Waals surface area contributed by atoms with E-state index < -0.39 is 0 Å². The molecule has 0 spiro atoms. The lowest BCUT2D eigenvalue weighted by Crippen LogP contribution is -2.24. The highest BCUT2D eigenvalue weighted by molar-refractivity contribution is 9.10. The molecule has 3 heteroatoms. The highest BCUT2D eigenvalue weighted by Crippen LogP contribution is 2.32. The van der Waals surface area contributed by atoms with Gasteiger partial charge >= 0.3 is 0 Å². The van der Waals surface area contributed by atoms with Crippen molar-refractivity contribution in [2.75, 3.05) is 18.0 Å². The minimum absolute atomic E-state index is 0.204. The lowest BCUT2D eigenvalue weighted by molar-refractivity contribution is 0.494. The van der Waals surface area contributed by atoms with Crippen LogP contribution in [-0.4, -0.2) is 19.1 Å². The van der Waals surface area contributed by atoms with Crippen LogP contribution in [0.3, 0.4) is 0 Å². The van der Waals surface area contributed by atoms with Crippen LogP contribution >= 0.6 is 15.9 Å². The van der Waals surface area contributed by atoms with E-state index in [-0.39, 0.29) is 6.04 Å². The van der Waals surface area contributed by atoms with Crippen molar-refractivity contribution in [2.24, 2.45) is 17.6 Å². The van der Waals surface area contributed by atoms with E-state index in [9.17, 15) is 0 Å². The first kappa shape index (κ1) is 13.9. The summed E-state index contributed by atoms with van der Waals surface area (Å²) in [7, 11) is 0. The van der Waals surface area contributed by atoms with Gasteiger partial charge in [-0.2, -0.15) is 0 Å². The van der Waals surface area contributed by atoms with Crippen LogP contribution < -0.4 is 10.6 Å². The Morgan fingerprint density at radius 2 is 1.94 bits per heavy atom. The van der Waals surface area contributed by atoms with Crippen LogP contribution in [0.25, 0.3) is 0 Å². The third kappa shape index (κ3) is 3.07. The van der Waals surface area contributed by atoms with Gasteiger partial charge in [-0.3, -0.25) is 0 Å². The Bertz CT molecular complexity index is 407. The first-order valence-electron chi connectivity index (χ1n) is 6.76. The number of benzene rings is 1. The summed E-state index contributed by atoms with van der Waals surface area (Å²) in [4.78, 5) is 2.51. The molecule has 2 N–H and O–H groups in total. The van der Waals surface area contributed by atoms with Crippen LogP contribution in [-0.2, 0) is 6.42 Å². The molecule has 2 rings (SSSR count). The Kier molecular flexibility index (Phi) is 4.33. The normalized spacial score (nSPS) is 25.5. The van der Waals surface area contributed by atoms with E-state index >= 15 is 0 Å². The van der Waals surface area contributed by atoms with E-state index in [0.29, 0.717) is 0 Å². The molecule has 0 aliphatic carbocycles. The quantitative estimate of drug-likeness (QED) is 0.926. The molecule has 0 radical (unpaired) electrons. The van der Waals surface area contributed by atoms with Gasteiger partial charge in [-0.15, -0.1) is 0 Å². The van der Waals surface area contributed by atoms with Gasteiger partial charge in [0.25, 0.3) is 0 Å². The van der Waals surface area contributed by atoms with Crippen molar-refractivity contribution in [3.63, 3.8) is 0 Å². The molecule has 0 saturated carbocycles. The van der Waals surface area contributed by atoms with Crippen LogP contribution in [0, 0.1) is 11.8 Å². The van der Waals surface area contributed by atoms with Crippen molar-refractivity contribution in [1.29, 1.82) is 0 Å². The standard InChI is InChI=1S/C15H23BrN2/c1-10-8-18(9-11(10)2)15-5-4-14(16)7-13(15)6-12(3)17/h4-5,7,10-12H,6,8-9,17H2,1-3H3. The third-order valence-electron chi connectivity index (χ3n) is 3.91. The van der Waals surface area contributed by atoms with Crippen molar-refractivity contribution in [2.45, 2.75) is 33.2 Å². The maximum Gasteiger partial charge on any atom is 0.0400 e. The van der Waals surface area contributed by atoms with E-state index in [1.165, 1.54) is 11.3 Å². The molecule has 1 saturated heterocycles. The number of hydrogen-bond acceptors (Lipinski definition) is 2. The molecule has 0 amide bonds. The molecule has 1 aliphatic rings. The zero-order valence-electron chi connectivity index (χ0n) is 11.5. The largest absolute Gasteiger partial charge is 0.371 e. The Hall–Kier alpha value is -0.540. The number of nitrogens with two attached hydrogens (primary N) is 1. The molecule has 18 heavy (non-hydrogen) atoms. The minimum Gasteiger partial charge on any atom is -0.371 e. The number of halogens is 1. The summed E-state index contributed by atoms with van der Waals surface area (Å²) >= 11 is 3.56. The van der Waals surface area contributed by atoms with E-state index in [1.807, 2.05) is 0 Å². The van der Waals surface area contributed by atoms with E-state index in [0.717, 1.165) is 35.8 Å². The second-order valence-electron chi connectivity index (χ2n) is 5.81. The Morgan fingerprint density at radius 1 is 1.33 bits per heavy atom. The van der Waals surface area contributed by atoms with Gasteiger partial charge in [0.15, 0.2) is 0 Å². The predicted molar refractivity (Wildman–Crippen MR) is 82.0 cm³/mol. The number of anilines is 1. The van der Waals surface area contributed by atoms with Gasteiger partial charge in [-0.25, -0.2) is 0 Å². The fourth-order valence-electron chi connectivity index (χ4n) is 2.70. The average molecular weight is 311 g/mol. The molecular formula is C15H23BrN2. The third-order valence-corrected chi connectivity index (χ3v) is 4.41. The monoisotopic (exact) mass is 310 g/mol. The Balaban J connectivity index is 2.26. The van der Waals surface area contributed by atoms with Crippen LogP contribution in [0.4, 0.5) is 5.69 Å². The highest BCUT2D eigenvalue weighted by Gasteiger charge is 2.27.